The fraction of sp³-hybridized carbons (Fsp3) is 0.500. The lowest BCUT2D eigenvalue weighted by Gasteiger charge is -1.96. The molecule has 0 spiro atoms. The summed E-state index contributed by atoms with van der Waals surface area (Å²) in [4.78, 5) is 11.0. The fourth-order valence-corrected chi connectivity index (χ4v) is 0.804. The lowest BCUT2D eigenvalue weighted by Crippen LogP contribution is -2.11. The molecule has 0 amide bonds. The maximum atomic E-state index is 11.0. The molecular weight excluding hydrogens is 160 g/mol. The molecule has 0 bridgehead atoms. The van der Waals surface area contributed by atoms with Crippen LogP contribution in [0.3, 0.4) is 0 Å². The van der Waals surface area contributed by atoms with Gasteiger partial charge in [-0.15, -0.1) is 5.10 Å². The number of aromatic amines is 1. The molecule has 66 valence electrons. The van der Waals surface area contributed by atoms with Gasteiger partial charge in [0, 0.05) is 6.54 Å². The number of carbonyl (C=O) groups excluding carboxylic acids is 1. The minimum atomic E-state index is -0.478. The van der Waals surface area contributed by atoms with Crippen LogP contribution in [0.15, 0.2) is 0 Å². The number of hydrogen-bond acceptors (Lipinski definition) is 5. The van der Waals surface area contributed by atoms with Gasteiger partial charge in [-0.3, -0.25) is 0 Å². The highest BCUT2D eigenvalue weighted by molar-refractivity contribution is 5.88. The van der Waals surface area contributed by atoms with E-state index in [1.54, 1.807) is 7.05 Å². The number of H-pyrrole nitrogens is 1. The topological polar surface area (TPSA) is 79.9 Å². The largest absolute Gasteiger partial charge is 0.464 e. The molecule has 1 aromatic rings. The number of carbonyl (C=O) groups is 1. The van der Waals surface area contributed by atoms with E-state index < -0.39 is 5.97 Å². The molecule has 0 unspecified atom stereocenters. The molecule has 1 rings (SSSR count). The van der Waals surface area contributed by atoms with E-state index in [9.17, 15) is 4.79 Å². The third kappa shape index (κ3) is 1.59. The summed E-state index contributed by atoms with van der Waals surface area (Å²) in [6.45, 7) is 0.487. The number of nitrogens with one attached hydrogen (secondary N) is 2. The Bertz CT molecular complexity index is 270. The number of esters is 1. The van der Waals surface area contributed by atoms with Crippen LogP contribution in [-0.4, -0.2) is 35.5 Å². The number of nitrogens with zero attached hydrogens (tertiary/aromatic N) is 2. The van der Waals surface area contributed by atoms with E-state index in [0.29, 0.717) is 12.2 Å². The summed E-state index contributed by atoms with van der Waals surface area (Å²) in [6.07, 6.45) is 0. The van der Waals surface area contributed by atoms with E-state index in [1.807, 2.05) is 0 Å². The van der Waals surface area contributed by atoms with Crippen LogP contribution in [0.1, 0.15) is 16.2 Å². The van der Waals surface area contributed by atoms with Gasteiger partial charge in [0.2, 0.25) is 0 Å². The van der Waals surface area contributed by atoms with Gasteiger partial charge in [-0.25, -0.2) is 4.79 Å². The van der Waals surface area contributed by atoms with Crippen LogP contribution in [0.2, 0.25) is 0 Å². The fourth-order valence-electron chi connectivity index (χ4n) is 0.804. The van der Waals surface area contributed by atoms with E-state index >= 15 is 0 Å². The Balaban J connectivity index is 2.83. The van der Waals surface area contributed by atoms with Crippen LogP contribution in [0.25, 0.3) is 0 Å². The summed E-state index contributed by atoms with van der Waals surface area (Å²) < 4.78 is 4.49. The maximum absolute atomic E-state index is 11.0. The number of rotatable bonds is 3. The second kappa shape index (κ2) is 3.82. The molecule has 6 nitrogen and oxygen atoms in total. The Labute approximate surface area is 69.3 Å². The molecule has 0 aliphatic heterocycles. The highest BCUT2D eigenvalue weighted by atomic mass is 16.5. The zero-order chi connectivity index (χ0) is 8.97. The van der Waals surface area contributed by atoms with Gasteiger partial charge >= 0.3 is 5.97 Å². The van der Waals surface area contributed by atoms with Crippen LogP contribution >= 0.6 is 0 Å². The normalized spacial score (nSPS) is 9.83. The van der Waals surface area contributed by atoms with E-state index in [4.69, 9.17) is 0 Å². The van der Waals surface area contributed by atoms with Gasteiger partial charge in [0.25, 0.3) is 0 Å². The monoisotopic (exact) mass is 170 g/mol. The van der Waals surface area contributed by atoms with Gasteiger partial charge < -0.3 is 10.1 Å². The van der Waals surface area contributed by atoms with Crippen LogP contribution in [-0.2, 0) is 11.3 Å². The van der Waals surface area contributed by atoms with Crippen LogP contribution in [0, 0.1) is 0 Å². The molecule has 0 fully saturated rings. The Hall–Kier alpha value is -1.43. The minimum absolute atomic E-state index is 0.229. The quantitative estimate of drug-likeness (QED) is 0.587. The highest BCUT2D eigenvalue weighted by Gasteiger charge is 2.15. The van der Waals surface area contributed by atoms with Crippen LogP contribution in [0.5, 0.6) is 0 Å². The summed E-state index contributed by atoms with van der Waals surface area (Å²) in [7, 11) is 3.07. The molecule has 0 aliphatic carbocycles. The van der Waals surface area contributed by atoms with Crippen molar-refractivity contribution >= 4 is 5.97 Å². The summed E-state index contributed by atoms with van der Waals surface area (Å²) in [5, 5.41) is 12.6. The minimum Gasteiger partial charge on any atom is -0.464 e. The Morgan fingerprint density at radius 1 is 1.67 bits per heavy atom. The van der Waals surface area contributed by atoms with E-state index in [2.05, 4.69) is 25.5 Å². The van der Waals surface area contributed by atoms with Gasteiger partial charge in [0.1, 0.15) is 5.69 Å². The predicted octanol–water partition coefficient (Wildman–Crippen LogP) is -0.689. The second-order valence-corrected chi connectivity index (χ2v) is 2.14. The van der Waals surface area contributed by atoms with Crippen molar-refractivity contribution in [1.29, 1.82) is 0 Å². The molecule has 0 saturated heterocycles. The van der Waals surface area contributed by atoms with Crippen molar-refractivity contribution in [3.05, 3.63) is 11.4 Å². The summed E-state index contributed by atoms with van der Waals surface area (Å²) in [6, 6.07) is 0. The molecule has 0 aromatic carbocycles. The number of ether oxygens (including phenoxy) is 1. The van der Waals surface area contributed by atoms with Crippen LogP contribution < -0.4 is 5.32 Å². The van der Waals surface area contributed by atoms with Gasteiger partial charge in [-0.1, -0.05) is 0 Å². The molecule has 0 saturated carbocycles. The lowest BCUT2D eigenvalue weighted by molar-refractivity contribution is 0.0592. The Kier molecular flexibility index (Phi) is 2.76. The van der Waals surface area contributed by atoms with Crippen LogP contribution in [0.4, 0.5) is 0 Å². The first-order chi connectivity index (χ1) is 5.79. The van der Waals surface area contributed by atoms with Crippen molar-refractivity contribution in [2.45, 2.75) is 6.54 Å². The zero-order valence-corrected chi connectivity index (χ0v) is 6.92. The second-order valence-electron chi connectivity index (χ2n) is 2.14. The van der Waals surface area contributed by atoms with Gasteiger partial charge in [-0.2, -0.15) is 10.3 Å². The van der Waals surface area contributed by atoms with Crippen molar-refractivity contribution in [2.24, 2.45) is 0 Å². The molecular formula is C6H10N4O2. The molecule has 6 heteroatoms. The third-order valence-corrected chi connectivity index (χ3v) is 1.34. The molecule has 0 aliphatic rings. The van der Waals surface area contributed by atoms with Gasteiger partial charge in [-0.05, 0) is 7.05 Å². The predicted molar refractivity (Wildman–Crippen MR) is 40.5 cm³/mol. The summed E-state index contributed by atoms with van der Waals surface area (Å²) >= 11 is 0. The molecule has 1 aromatic heterocycles. The Morgan fingerprint density at radius 3 is 3.00 bits per heavy atom. The Morgan fingerprint density at radius 2 is 2.42 bits per heavy atom. The first kappa shape index (κ1) is 8.66. The first-order valence-electron chi connectivity index (χ1n) is 3.42. The maximum Gasteiger partial charge on any atom is 0.360 e. The van der Waals surface area contributed by atoms with Crippen molar-refractivity contribution in [1.82, 2.24) is 20.7 Å². The first-order valence-corrected chi connectivity index (χ1v) is 3.42. The van der Waals surface area contributed by atoms with Crippen molar-refractivity contribution in [2.75, 3.05) is 14.2 Å². The SMILES string of the molecule is CNCc1n[nH]nc1C(=O)OC. The molecule has 0 radical (unpaired) electrons. The van der Waals surface area contributed by atoms with E-state index in [0.717, 1.165) is 0 Å². The standard InChI is InChI=1S/C6H10N4O2/c1-7-3-4-5(6(11)12-2)9-10-8-4/h7H,3H2,1-2H3,(H,8,9,10). The van der Waals surface area contributed by atoms with Crippen molar-refractivity contribution in [3.63, 3.8) is 0 Å². The van der Waals surface area contributed by atoms with Gasteiger partial charge in [0.05, 0.1) is 7.11 Å². The average Bonchev–Trinajstić information content (AvgIpc) is 2.52. The molecule has 12 heavy (non-hydrogen) atoms. The number of methoxy groups -OCH3 is 1. The van der Waals surface area contributed by atoms with Crippen molar-refractivity contribution in [3.8, 4) is 0 Å². The van der Waals surface area contributed by atoms with Crippen molar-refractivity contribution < 1.29 is 9.53 Å². The highest BCUT2D eigenvalue weighted by Crippen LogP contribution is 2.01. The zero-order valence-electron chi connectivity index (χ0n) is 6.92. The molecule has 1 heterocycles. The summed E-state index contributed by atoms with van der Waals surface area (Å²) in [5.41, 5.74) is 0.788. The van der Waals surface area contributed by atoms with Gasteiger partial charge in [0.15, 0.2) is 5.69 Å². The number of aromatic nitrogens is 3. The van der Waals surface area contributed by atoms with E-state index in [-0.39, 0.29) is 5.69 Å². The average molecular weight is 170 g/mol. The molecule has 2 N–H and O–H groups in total. The number of hydrogen-bond donors (Lipinski definition) is 2. The third-order valence-electron chi connectivity index (χ3n) is 1.34. The summed E-state index contributed by atoms with van der Waals surface area (Å²) in [5.74, 6) is -0.478. The lowest BCUT2D eigenvalue weighted by atomic mass is 10.3. The molecule has 0 atom stereocenters. The van der Waals surface area contributed by atoms with E-state index in [1.165, 1.54) is 7.11 Å². The smallest absolute Gasteiger partial charge is 0.360 e.